The SMILES string of the molecule is CC\C=C/C=C/C=C/C=C\C=C\C=C\CCCCC(O)C(=O)NC(COC1OC(CO)C(O)C(O)C1OC(=O)CCCCCC/C=C\C/C=C\C/C=C\CCCCC)C(O)/C=C/CCCCCCCCCCCC. The number of allylic oxidation sites excluding steroid dienone is 19. The van der Waals surface area contributed by atoms with Crippen molar-refractivity contribution >= 4 is 11.9 Å². The lowest BCUT2D eigenvalue weighted by Gasteiger charge is -2.41. The molecule has 0 aromatic rings. The molecule has 0 aliphatic carbocycles. The highest BCUT2D eigenvalue weighted by atomic mass is 16.7. The van der Waals surface area contributed by atoms with Crippen LogP contribution in [0.3, 0.4) is 0 Å². The van der Waals surface area contributed by atoms with Crippen LogP contribution >= 0.6 is 0 Å². The zero-order valence-corrected chi connectivity index (χ0v) is 46.2. The first-order valence-corrected chi connectivity index (χ1v) is 28.9. The lowest BCUT2D eigenvalue weighted by atomic mass is 9.99. The maximum absolute atomic E-state index is 13.4. The number of hydrogen-bond acceptors (Lipinski definition) is 10. The Hall–Kier alpha value is -3.94. The molecule has 74 heavy (non-hydrogen) atoms. The van der Waals surface area contributed by atoms with E-state index in [1.807, 2.05) is 72.9 Å². The average Bonchev–Trinajstić information content (AvgIpc) is 3.40. The molecule has 1 saturated heterocycles. The van der Waals surface area contributed by atoms with E-state index in [0.717, 1.165) is 89.9 Å². The highest BCUT2D eigenvalue weighted by molar-refractivity contribution is 5.80. The van der Waals surface area contributed by atoms with Gasteiger partial charge >= 0.3 is 5.97 Å². The van der Waals surface area contributed by atoms with E-state index < -0.39 is 67.4 Å². The fourth-order valence-corrected chi connectivity index (χ4v) is 8.16. The summed E-state index contributed by atoms with van der Waals surface area (Å²) in [5, 5.41) is 56.8. The van der Waals surface area contributed by atoms with Gasteiger partial charge in [-0.05, 0) is 83.5 Å². The maximum atomic E-state index is 13.4. The van der Waals surface area contributed by atoms with E-state index in [9.17, 15) is 35.1 Å². The van der Waals surface area contributed by atoms with Crippen molar-refractivity contribution in [2.75, 3.05) is 13.2 Å². The van der Waals surface area contributed by atoms with E-state index >= 15 is 0 Å². The molecular formula is C63H103NO10. The second-order valence-electron chi connectivity index (χ2n) is 19.4. The molecule has 1 heterocycles. The lowest BCUT2D eigenvalue weighted by Crippen LogP contribution is -2.61. The second kappa shape index (κ2) is 49.9. The molecule has 0 radical (unpaired) electrons. The summed E-state index contributed by atoms with van der Waals surface area (Å²) >= 11 is 0. The van der Waals surface area contributed by atoms with Crippen molar-refractivity contribution in [3.63, 3.8) is 0 Å². The summed E-state index contributed by atoms with van der Waals surface area (Å²) in [7, 11) is 0. The third kappa shape index (κ3) is 37.7. The first-order chi connectivity index (χ1) is 36.2. The van der Waals surface area contributed by atoms with Crippen molar-refractivity contribution in [2.24, 2.45) is 0 Å². The molecule has 0 aromatic heterocycles. The molecule has 0 spiro atoms. The number of aliphatic hydroxyl groups is 5. The first-order valence-electron chi connectivity index (χ1n) is 28.9. The van der Waals surface area contributed by atoms with Gasteiger partial charge in [-0.15, -0.1) is 0 Å². The Labute approximate surface area is 449 Å². The van der Waals surface area contributed by atoms with Crippen LogP contribution in [0, 0.1) is 0 Å². The Kier molecular flexibility index (Phi) is 45.9. The maximum Gasteiger partial charge on any atom is 0.306 e. The molecular weight excluding hydrogens is 931 g/mol. The molecule has 6 N–H and O–H groups in total. The number of aliphatic hydroxyl groups excluding tert-OH is 5. The number of rotatable bonds is 46. The van der Waals surface area contributed by atoms with E-state index in [2.05, 4.69) is 68.6 Å². The molecule has 8 unspecified atom stereocenters. The minimum absolute atomic E-state index is 0.0848. The minimum atomic E-state index is -1.64. The summed E-state index contributed by atoms with van der Waals surface area (Å²) < 4.78 is 17.5. The van der Waals surface area contributed by atoms with Crippen molar-refractivity contribution in [1.29, 1.82) is 0 Å². The molecule has 1 fully saturated rings. The van der Waals surface area contributed by atoms with Crippen molar-refractivity contribution in [2.45, 2.75) is 250 Å². The highest BCUT2D eigenvalue weighted by Crippen LogP contribution is 2.26. The van der Waals surface area contributed by atoms with Gasteiger partial charge in [0.1, 0.15) is 24.4 Å². The molecule has 11 heteroatoms. The third-order valence-electron chi connectivity index (χ3n) is 12.8. The quantitative estimate of drug-likeness (QED) is 0.0149. The molecule has 1 amide bonds. The number of carbonyl (C=O) groups is 2. The van der Waals surface area contributed by atoms with Gasteiger partial charge in [0.15, 0.2) is 12.4 Å². The zero-order chi connectivity index (χ0) is 54.0. The largest absolute Gasteiger partial charge is 0.454 e. The van der Waals surface area contributed by atoms with Gasteiger partial charge in [0.2, 0.25) is 5.91 Å². The number of ether oxygens (including phenoxy) is 3. The number of esters is 1. The highest BCUT2D eigenvalue weighted by Gasteiger charge is 2.47. The van der Waals surface area contributed by atoms with Crippen molar-refractivity contribution in [3.8, 4) is 0 Å². The molecule has 1 aliphatic rings. The Morgan fingerprint density at radius 3 is 1.61 bits per heavy atom. The fraction of sp³-hybridized carbons (Fsp3) is 0.651. The van der Waals surface area contributed by atoms with Crippen LogP contribution in [0.1, 0.15) is 201 Å². The van der Waals surface area contributed by atoms with Gasteiger partial charge in [-0.3, -0.25) is 9.59 Å². The predicted octanol–water partition coefficient (Wildman–Crippen LogP) is 13.1. The summed E-state index contributed by atoms with van der Waals surface area (Å²) in [5.74, 6) is -1.28. The standard InChI is InChI=1S/C63H103NO10/c1-4-7-10-13-16-19-22-25-27-29-31-33-36-39-42-45-48-51-58(68)74-61-60(70)59(69)57(52-65)73-63(61)72-53-54(55(66)49-46-43-40-37-34-24-21-18-15-12-9-6-3)64-62(71)56(67)50-47-44-41-38-35-32-30-28-26-23-20-17-14-11-8-5-2/h8,11,14,16-17,19-20,23,25-28,30-33,35,38,46,49,54-57,59-61,63,65-67,69-70H,4-7,9-10,12-13,15,18,21-22,24,29,34,36-37,39-45,47-48,50-53H2,1-3H3,(H,64,71)/b11-8-,17-14+,19-16-,23-20+,27-25-,28-26-,32-30+,33-31-,38-35+,49-46+. The Balaban J connectivity index is 2.79. The molecule has 8 atom stereocenters. The molecule has 0 saturated carbocycles. The minimum Gasteiger partial charge on any atom is -0.454 e. The van der Waals surface area contributed by atoms with Crippen molar-refractivity contribution < 1.29 is 49.3 Å². The average molecular weight is 1030 g/mol. The van der Waals surface area contributed by atoms with Gasteiger partial charge in [-0.2, -0.15) is 0 Å². The van der Waals surface area contributed by atoms with Gasteiger partial charge in [0, 0.05) is 6.42 Å². The van der Waals surface area contributed by atoms with E-state index in [1.54, 1.807) is 6.08 Å². The van der Waals surface area contributed by atoms with Gasteiger partial charge in [0.25, 0.3) is 0 Å². The van der Waals surface area contributed by atoms with Gasteiger partial charge in [-0.1, -0.05) is 232 Å². The second-order valence-corrected chi connectivity index (χ2v) is 19.4. The summed E-state index contributed by atoms with van der Waals surface area (Å²) in [6, 6.07) is -1.06. The predicted molar refractivity (Wildman–Crippen MR) is 305 cm³/mol. The van der Waals surface area contributed by atoms with Gasteiger partial charge < -0.3 is 45.1 Å². The number of hydrogen-bond donors (Lipinski definition) is 6. The molecule has 1 aliphatic heterocycles. The Morgan fingerprint density at radius 2 is 1.03 bits per heavy atom. The topological polar surface area (TPSA) is 175 Å². The van der Waals surface area contributed by atoms with Crippen LogP contribution in [0.5, 0.6) is 0 Å². The summed E-state index contributed by atoms with van der Waals surface area (Å²) in [5.41, 5.74) is 0. The van der Waals surface area contributed by atoms with Crippen LogP contribution in [0.4, 0.5) is 0 Å². The van der Waals surface area contributed by atoms with Crippen LogP contribution < -0.4 is 5.32 Å². The van der Waals surface area contributed by atoms with E-state index in [1.165, 1.54) is 64.2 Å². The normalized spacial score (nSPS) is 20.2. The smallest absolute Gasteiger partial charge is 0.306 e. The number of nitrogens with one attached hydrogen (secondary N) is 1. The molecule has 0 bridgehead atoms. The van der Waals surface area contributed by atoms with Crippen molar-refractivity contribution in [3.05, 3.63) is 122 Å². The summed E-state index contributed by atoms with van der Waals surface area (Å²) in [4.78, 5) is 26.5. The Bertz CT molecular complexity index is 1660. The Morgan fingerprint density at radius 1 is 0.554 bits per heavy atom. The summed E-state index contributed by atoms with van der Waals surface area (Å²) in [6.07, 6.45) is 58.0. The van der Waals surface area contributed by atoms with Crippen LogP contribution in [0.15, 0.2) is 122 Å². The van der Waals surface area contributed by atoms with Crippen molar-refractivity contribution in [1.82, 2.24) is 5.32 Å². The van der Waals surface area contributed by atoms with E-state index in [0.29, 0.717) is 12.8 Å². The molecule has 1 rings (SSSR count). The van der Waals surface area contributed by atoms with Gasteiger partial charge in [0.05, 0.1) is 25.4 Å². The van der Waals surface area contributed by atoms with E-state index in [-0.39, 0.29) is 19.4 Å². The summed E-state index contributed by atoms with van der Waals surface area (Å²) in [6.45, 7) is 5.54. The molecule has 0 aromatic carbocycles. The van der Waals surface area contributed by atoms with Crippen LogP contribution in [0.25, 0.3) is 0 Å². The lowest BCUT2D eigenvalue weighted by molar-refractivity contribution is -0.305. The monoisotopic (exact) mass is 1030 g/mol. The zero-order valence-electron chi connectivity index (χ0n) is 46.2. The van der Waals surface area contributed by atoms with Crippen LogP contribution in [-0.2, 0) is 23.8 Å². The van der Waals surface area contributed by atoms with Crippen LogP contribution in [-0.4, -0.2) is 99.6 Å². The number of unbranched alkanes of at least 4 members (excludes halogenated alkanes) is 19. The number of carbonyl (C=O) groups excluding carboxylic acids is 2. The first kappa shape index (κ1) is 68.1. The van der Waals surface area contributed by atoms with E-state index in [4.69, 9.17) is 14.2 Å². The molecule has 420 valence electrons. The number of amides is 1. The van der Waals surface area contributed by atoms with Gasteiger partial charge in [-0.25, -0.2) is 0 Å². The fourth-order valence-electron chi connectivity index (χ4n) is 8.16. The third-order valence-corrected chi connectivity index (χ3v) is 12.8. The molecule has 11 nitrogen and oxygen atoms in total. The van der Waals surface area contributed by atoms with Crippen LogP contribution in [0.2, 0.25) is 0 Å².